The molecule has 8 heteroatoms. The number of hydrogen-bond acceptors (Lipinski definition) is 6. The van der Waals surface area contributed by atoms with Crippen molar-refractivity contribution in [3.8, 4) is 10.6 Å². The molecule has 0 bridgehead atoms. The first-order valence-electron chi connectivity index (χ1n) is 7.03. The SMILES string of the molecule is COCCN(Cc1nccs1)C(=O)c1cn[nH]c1-c1cccs1. The second-order valence-corrected chi connectivity index (χ2v) is 6.71. The highest BCUT2D eigenvalue weighted by molar-refractivity contribution is 7.13. The molecule has 0 unspecified atom stereocenters. The normalized spacial score (nSPS) is 10.8. The molecule has 0 saturated carbocycles. The number of aromatic nitrogens is 3. The van der Waals surface area contributed by atoms with E-state index in [1.54, 1.807) is 35.7 Å². The lowest BCUT2D eigenvalue weighted by Crippen LogP contribution is -2.33. The molecule has 0 aliphatic rings. The third-order valence-corrected chi connectivity index (χ3v) is 4.95. The molecule has 0 radical (unpaired) electrons. The minimum atomic E-state index is -0.0746. The number of thiazole rings is 1. The van der Waals surface area contributed by atoms with Crippen LogP contribution >= 0.6 is 22.7 Å². The Balaban J connectivity index is 1.84. The smallest absolute Gasteiger partial charge is 0.258 e. The standard InChI is InChI=1S/C15H16N4O2S2/c1-21-6-5-19(10-13-16-4-8-23-13)15(20)11-9-17-18-14(11)12-3-2-7-22-12/h2-4,7-9H,5-6,10H2,1H3,(H,17,18). The highest BCUT2D eigenvalue weighted by Crippen LogP contribution is 2.27. The first-order valence-corrected chi connectivity index (χ1v) is 8.79. The van der Waals surface area contributed by atoms with E-state index in [0.717, 1.165) is 15.6 Å². The number of H-pyrrole nitrogens is 1. The summed E-state index contributed by atoms with van der Waals surface area (Å²) in [5.74, 6) is -0.0746. The second kappa shape index (κ2) is 7.49. The number of ether oxygens (including phenoxy) is 1. The van der Waals surface area contributed by atoms with Crippen LogP contribution in [0.2, 0.25) is 0 Å². The summed E-state index contributed by atoms with van der Waals surface area (Å²) < 4.78 is 5.13. The Labute approximate surface area is 141 Å². The van der Waals surface area contributed by atoms with E-state index in [1.807, 2.05) is 22.9 Å². The highest BCUT2D eigenvalue weighted by Gasteiger charge is 2.22. The molecule has 0 aliphatic carbocycles. The Morgan fingerprint density at radius 3 is 3.00 bits per heavy atom. The maximum absolute atomic E-state index is 12.9. The van der Waals surface area contributed by atoms with Crippen LogP contribution in [0, 0.1) is 0 Å². The van der Waals surface area contributed by atoms with Crippen LogP contribution in [-0.2, 0) is 11.3 Å². The summed E-state index contributed by atoms with van der Waals surface area (Å²) in [7, 11) is 1.63. The average molecular weight is 348 g/mol. The topological polar surface area (TPSA) is 71.1 Å². The maximum atomic E-state index is 12.9. The van der Waals surface area contributed by atoms with E-state index in [-0.39, 0.29) is 5.91 Å². The van der Waals surface area contributed by atoms with Gasteiger partial charge in [-0.15, -0.1) is 22.7 Å². The first-order chi connectivity index (χ1) is 11.3. The molecule has 1 amide bonds. The molecule has 120 valence electrons. The molecule has 3 aromatic rings. The molecule has 0 spiro atoms. The summed E-state index contributed by atoms with van der Waals surface area (Å²) in [5.41, 5.74) is 1.33. The van der Waals surface area contributed by atoms with Crippen LogP contribution in [0.1, 0.15) is 15.4 Å². The average Bonchev–Trinajstić information content (AvgIpc) is 3.32. The van der Waals surface area contributed by atoms with Crippen molar-refractivity contribution in [1.82, 2.24) is 20.1 Å². The van der Waals surface area contributed by atoms with Gasteiger partial charge in [-0.05, 0) is 11.4 Å². The fourth-order valence-electron chi connectivity index (χ4n) is 2.18. The van der Waals surface area contributed by atoms with Crippen molar-refractivity contribution in [2.24, 2.45) is 0 Å². The third kappa shape index (κ3) is 3.66. The number of thiophene rings is 1. The lowest BCUT2D eigenvalue weighted by atomic mass is 10.2. The molecule has 0 atom stereocenters. The molecule has 1 N–H and O–H groups in total. The summed E-state index contributed by atoms with van der Waals surface area (Å²) in [6, 6.07) is 3.92. The van der Waals surface area contributed by atoms with Crippen molar-refractivity contribution in [3.63, 3.8) is 0 Å². The van der Waals surface area contributed by atoms with Crippen molar-refractivity contribution >= 4 is 28.6 Å². The maximum Gasteiger partial charge on any atom is 0.258 e. The Morgan fingerprint density at radius 1 is 1.39 bits per heavy atom. The Kier molecular flexibility index (Phi) is 5.16. The predicted molar refractivity (Wildman–Crippen MR) is 90.6 cm³/mol. The van der Waals surface area contributed by atoms with Gasteiger partial charge in [0.25, 0.3) is 5.91 Å². The highest BCUT2D eigenvalue weighted by atomic mass is 32.1. The van der Waals surface area contributed by atoms with E-state index < -0.39 is 0 Å². The molecular weight excluding hydrogens is 332 g/mol. The zero-order valence-electron chi connectivity index (χ0n) is 12.6. The number of hydrogen-bond donors (Lipinski definition) is 1. The van der Waals surface area contributed by atoms with Gasteiger partial charge in [-0.3, -0.25) is 9.89 Å². The number of rotatable bonds is 7. The Morgan fingerprint density at radius 2 is 2.30 bits per heavy atom. The summed E-state index contributed by atoms with van der Waals surface area (Å²) in [5, 5.41) is 11.8. The fourth-order valence-corrected chi connectivity index (χ4v) is 3.54. The number of nitrogens with one attached hydrogen (secondary N) is 1. The van der Waals surface area contributed by atoms with Gasteiger partial charge in [0.1, 0.15) is 5.01 Å². The van der Waals surface area contributed by atoms with E-state index in [2.05, 4.69) is 15.2 Å². The zero-order chi connectivity index (χ0) is 16.1. The zero-order valence-corrected chi connectivity index (χ0v) is 14.2. The van der Waals surface area contributed by atoms with Crippen molar-refractivity contribution in [2.45, 2.75) is 6.54 Å². The van der Waals surface area contributed by atoms with E-state index in [1.165, 1.54) is 11.3 Å². The molecule has 3 heterocycles. The van der Waals surface area contributed by atoms with Gasteiger partial charge in [-0.25, -0.2) is 4.98 Å². The third-order valence-electron chi connectivity index (χ3n) is 3.30. The van der Waals surface area contributed by atoms with Crippen molar-refractivity contribution in [3.05, 3.63) is 45.9 Å². The first kappa shape index (κ1) is 15.9. The van der Waals surface area contributed by atoms with Crippen LogP contribution in [0.5, 0.6) is 0 Å². The number of nitrogens with zero attached hydrogens (tertiary/aromatic N) is 3. The Hall–Kier alpha value is -2.03. The van der Waals surface area contributed by atoms with Crippen LogP contribution in [0.15, 0.2) is 35.3 Å². The molecule has 0 fully saturated rings. The predicted octanol–water partition coefficient (Wildman–Crippen LogP) is 2.88. The molecule has 6 nitrogen and oxygen atoms in total. The summed E-state index contributed by atoms with van der Waals surface area (Å²) in [6.07, 6.45) is 3.33. The van der Waals surface area contributed by atoms with Crippen LogP contribution in [-0.4, -0.2) is 46.2 Å². The van der Waals surface area contributed by atoms with E-state index in [0.29, 0.717) is 25.3 Å². The van der Waals surface area contributed by atoms with Crippen LogP contribution in [0.3, 0.4) is 0 Å². The monoisotopic (exact) mass is 348 g/mol. The van der Waals surface area contributed by atoms with Gasteiger partial charge in [0.15, 0.2) is 0 Å². The number of amides is 1. The van der Waals surface area contributed by atoms with E-state index >= 15 is 0 Å². The van der Waals surface area contributed by atoms with Crippen LogP contribution in [0.4, 0.5) is 0 Å². The van der Waals surface area contributed by atoms with E-state index in [4.69, 9.17) is 4.74 Å². The molecule has 0 saturated heterocycles. The number of carbonyl (C=O) groups is 1. The summed E-state index contributed by atoms with van der Waals surface area (Å²) >= 11 is 3.10. The van der Waals surface area contributed by atoms with Gasteiger partial charge >= 0.3 is 0 Å². The lowest BCUT2D eigenvalue weighted by Gasteiger charge is -2.21. The van der Waals surface area contributed by atoms with Gasteiger partial charge < -0.3 is 9.64 Å². The summed E-state index contributed by atoms with van der Waals surface area (Å²) in [6.45, 7) is 1.45. The molecular formula is C15H16N4O2S2. The van der Waals surface area contributed by atoms with Crippen molar-refractivity contribution < 1.29 is 9.53 Å². The molecule has 3 aromatic heterocycles. The van der Waals surface area contributed by atoms with E-state index in [9.17, 15) is 4.79 Å². The van der Waals surface area contributed by atoms with Crippen molar-refractivity contribution in [2.75, 3.05) is 20.3 Å². The Bertz CT molecular complexity index is 737. The minimum Gasteiger partial charge on any atom is -0.383 e. The number of aromatic amines is 1. The van der Waals surface area contributed by atoms with Crippen LogP contribution in [0.25, 0.3) is 10.6 Å². The lowest BCUT2D eigenvalue weighted by molar-refractivity contribution is 0.0681. The molecule has 3 rings (SSSR count). The van der Waals surface area contributed by atoms with Crippen molar-refractivity contribution in [1.29, 1.82) is 0 Å². The van der Waals surface area contributed by atoms with Crippen LogP contribution < -0.4 is 0 Å². The fraction of sp³-hybridized carbons (Fsp3) is 0.267. The molecule has 23 heavy (non-hydrogen) atoms. The molecule has 0 aromatic carbocycles. The molecule has 0 aliphatic heterocycles. The quantitative estimate of drug-likeness (QED) is 0.713. The van der Waals surface area contributed by atoms with Gasteiger partial charge in [-0.2, -0.15) is 5.10 Å². The second-order valence-electron chi connectivity index (χ2n) is 4.78. The number of methoxy groups -OCH3 is 1. The largest absolute Gasteiger partial charge is 0.383 e. The van der Waals surface area contributed by atoms with Gasteiger partial charge in [-0.1, -0.05) is 6.07 Å². The van der Waals surface area contributed by atoms with Gasteiger partial charge in [0.05, 0.1) is 35.5 Å². The van der Waals surface area contributed by atoms with Gasteiger partial charge in [0, 0.05) is 25.2 Å². The summed E-state index contributed by atoms with van der Waals surface area (Å²) in [4.78, 5) is 19.9. The minimum absolute atomic E-state index is 0.0746. The number of carbonyl (C=O) groups excluding carboxylic acids is 1. The van der Waals surface area contributed by atoms with Gasteiger partial charge in [0.2, 0.25) is 0 Å².